The van der Waals surface area contributed by atoms with Crippen LogP contribution in [0.4, 0.5) is 11.4 Å². The van der Waals surface area contributed by atoms with Crippen molar-refractivity contribution in [2.45, 2.75) is 26.7 Å². The van der Waals surface area contributed by atoms with Gasteiger partial charge in [0.15, 0.2) is 0 Å². The van der Waals surface area contributed by atoms with Crippen LogP contribution in [0.2, 0.25) is 0 Å². The van der Waals surface area contributed by atoms with E-state index < -0.39 is 0 Å². The van der Waals surface area contributed by atoms with Crippen molar-refractivity contribution in [3.8, 4) is 5.75 Å². The van der Waals surface area contributed by atoms with E-state index in [-0.39, 0.29) is 11.8 Å². The molecule has 0 aliphatic heterocycles. The molecule has 5 heteroatoms. The van der Waals surface area contributed by atoms with E-state index >= 15 is 0 Å². The fourth-order valence-electron chi connectivity index (χ4n) is 3.25. The largest absolute Gasteiger partial charge is 0.495 e. The predicted molar refractivity (Wildman–Crippen MR) is 120 cm³/mol. The van der Waals surface area contributed by atoms with Crippen molar-refractivity contribution >= 4 is 23.2 Å². The molecule has 154 valence electrons. The number of nitrogens with one attached hydrogen (secondary N) is 2. The number of aryl methyl sites for hydroxylation is 3. The Labute approximate surface area is 177 Å². The minimum absolute atomic E-state index is 0.0544. The highest BCUT2D eigenvalue weighted by Gasteiger charge is 2.10. The number of hydrogen-bond acceptors (Lipinski definition) is 3. The summed E-state index contributed by atoms with van der Waals surface area (Å²) < 4.78 is 5.25. The summed E-state index contributed by atoms with van der Waals surface area (Å²) in [7, 11) is 1.56. The summed E-state index contributed by atoms with van der Waals surface area (Å²) in [6, 6.07) is 20.3. The minimum Gasteiger partial charge on any atom is -0.495 e. The molecular weight excluding hydrogens is 376 g/mol. The van der Waals surface area contributed by atoms with Gasteiger partial charge in [0.1, 0.15) is 5.75 Å². The maximum atomic E-state index is 12.5. The van der Waals surface area contributed by atoms with Crippen LogP contribution in [-0.4, -0.2) is 18.9 Å². The number of para-hydroxylation sites is 2. The van der Waals surface area contributed by atoms with Crippen molar-refractivity contribution in [1.29, 1.82) is 0 Å². The lowest BCUT2D eigenvalue weighted by Gasteiger charge is -2.11. The van der Waals surface area contributed by atoms with Crippen LogP contribution in [0.3, 0.4) is 0 Å². The van der Waals surface area contributed by atoms with E-state index in [1.165, 1.54) is 16.7 Å². The molecule has 2 amide bonds. The molecule has 30 heavy (non-hydrogen) atoms. The van der Waals surface area contributed by atoms with E-state index in [9.17, 15) is 9.59 Å². The summed E-state index contributed by atoms with van der Waals surface area (Å²) in [4.78, 5) is 24.8. The molecule has 3 aromatic rings. The number of hydrogen-bond donors (Lipinski definition) is 2. The zero-order chi connectivity index (χ0) is 21.5. The molecule has 3 rings (SSSR count). The number of carbonyl (C=O) groups excluding carboxylic acids is 2. The zero-order valence-electron chi connectivity index (χ0n) is 17.5. The SMILES string of the molecule is COc1ccccc1NC(=O)c1ccc(NC(=O)CCc2ccc(C)cc2C)cc1. The Morgan fingerprint density at radius 1 is 0.900 bits per heavy atom. The maximum absolute atomic E-state index is 12.5. The van der Waals surface area contributed by atoms with Crippen LogP contribution in [0, 0.1) is 13.8 Å². The first-order chi connectivity index (χ1) is 14.5. The number of benzene rings is 3. The van der Waals surface area contributed by atoms with Crippen LogP contribution < -0.4 is 15.4 Å². The molecule has 0 heterocycles. The average Bonchev–Trinajstić information content (AvgIpc) is 2.74. The quantitative estimate of drug-likeness (QED) is 0.575. The Hall–Kier alpha value is -3.60. The van der Waals surface area contributed by atoms with E-state index in [2.05, 4.69) is 42.7 Å². The number of ether oxygens (including phenoxy) is 1. The number of carbonyl (C=O) groups is 2. The van der Waals surface area contributed by atoms with Crippen molar-refractivity contribution in [2.24, 2.45) is 0 Å². The van der Waals surface area contributed by atoms with Gasteiger partial charge in [-0.25, -0.2) is 0 Å². The van der Waals surface area contributed by atoms with Crippen LogP contribution in [0.25, 0.3) is 0 Å². The molecule has 0 bridgehead atoms. The van der Waals surface area contributed by atoms with Crippen molar-refractivity contribution in [3.05, 3.63) is 89.0 Å². The fourth-order valence-corrected chi connectivity index (χ4v) is 3.25. The number of methoxy groups -OCH3 is 1. The lowest BCUT2D eigenvalue weighted by molar-refractivity contribution is -0.116. The van der Waals surface area contributed by atoms with E-state index in [1.807, 2.05) is 12.1 Å². The molecule has 0 saturated heterocycles. The summed E-state index contributed by atoms with van der Waals surface area (Å²) in [5.74, 6) is 0.298. The molecule has 0 fully saturated rings. The highest BCUT2D eigenvalue weighted by Crippen LogP contribution is 2.24. The Kier molecular flexibility index (Phi) is 6.86. The van der Waals surface area contributed by atoms with Gasteiger partial charge >= 0.3 is 0 Å². The van der Waals surface area contributed by atoms with Gasteiger partial charge in [-0.3, -0.25) is 9.59 Å². The molecule has 0 aliphatic carbocycles. The van der Waals surface area contributed by atoms with Gasteiger partial charge in [-0.05, 0) is 67.8 Å². The minimum atomic E-state index is -0.243. The van der Waals surface area contributed by atoms with Crippen LogP contribution in [0.15, 0.2) is 66.7 Å². The molecule has 0 aliphatic rings. The van der Waals surface area contributed by atoms with Gasteiger partial charge in [-0.2, -0.15) is 0 Å². The van der Waals surface area contributed by atoms with Crippen LogP contribution in [0.1, 0.15) is 33.5 Å². The molecule has 0 unspecified atom stereocenters. The topological polar surface area (TPSA) is 67.4 Å². The van der Waals surface area contributed by atoms with Crippen LogP contribution in [0.5, 0.6) is 5.75 Å². The first-order valence-corrected chi connectivity index (χ1v) is 9.86. The molecular formula is C25H26N2O3. The Bertz CT molecular complexity index is 1040. The highest BCUT2D eigenvalue weighted by atomic mass is 16.5. The molecule has 3 aromatic carbocycles. The third kappa shape index (κ3) is 5.47. The van der Waals surface area contributed by atoms with E-state index in [0.717, 1.165) is 0 Å². The van der Waals surface area contributed by atoms with E-state index in [1.54, 1.807) is 43.5 Å². The second-order valence-electron chi connectivity index (χ2n) is 7.21. The molecule has 0 spiro atoms. The first kappa shape index (κ1) is 21.1. The van der Waals surface area contributed by atoms with Gasteiger partial charge in [-0.15, -0.1) is 0 Å². The van der Waals surface area contributed by atoms with Crippen LogP contribution in [-0.2, 0) is 11.2 Å². The summed E-state index contributed by atoms with van der Waals surface area (Å²) in [5, 5.41) is 5.72. The normalized spacial score (nSPS) is 10.4. The van der Waals surface area contributed by atoms with Gasteiger partial charge in [0.25, 0.3) is 5.91 Å². The Morgan fingerprint density at radius 3 is 2.33 bits per heavy atom. The molecule has 2 N–H and O–H groups in total. The second-order valence-corrected chi connectivity index (χ2v) is 7.21. The number of anilines is 2. The third-order valence-electron chi connectivity index (χ3n) is 4.91. The summed E-state index contributed by atoms with van der Waals surface area (Å²) in [6.07, 6.45) is 1.09. The molecule has 0 atom stereocenters. The fraction of sp³-hybridized carbons (Fsp3) is 0.200. The van der Waals surface area contributed by atoms with E-state index in [4.69, 9.17) is 4.74 Å². The molecule has 0 aromatic heterocycles. The van der Waals surface area contributed by atoms with Crippen molar-refractivity contribution in [3.63, 3.8) is 0 Å². The monoisotopic (exact) mass is 402 g/mol. The summed E-state index contributed by atoms with van der Waals surface area (Å²) in [5.41, 5.74) is 5.36. The maximum Gasteiger partial charge on any atom is 0.255 e. The van der Waals surface area contributed by atoms with E-state index in [0.29, 0.717) is 35.5 Å². The zero-order valence-corrected chi connectivity index (χ0v) is 17.5. The van der Waals surface area contributed by atoms with Crippen molar-refractivity contribution in [2.75, 3.05) is 17.7 Å². The second kappa shape index (κ2) is 9.74. The van der Waals surface area contributed by atoms with Crippen LogP contribution >= 0.6 is 0 Å². The lowest BCUT2D eigenvalue weighted by Crippen LogP contribution is -2.14. The third-order valence-corrected chi connectivity index (χ3v) is 4.91. The smallest absolute Gasteiger partial charge is 0.255 e. The lowest BCUT2D eigenvalue weighted by atomic mass is 10.0. The average molecular weight is 402 g/mol. The highest BCUT2D eigenvalue weighted by molar-refractivity contribution is 6.05. The van der Waals surface area contributed by atoms with Crippen molar-refractivity contribution in [1.82, 2.24) is 0 Å². The summed E-state index contributed by atoms with van der Waals surface area (Å²) >= 11 is 0. The molecule has 5 nitrogen and oxygen atoms in total. The van der Waals surface area contributed by atoms with Crippen molar-refractivity contribution < 1.29 is 14.3 Å². The number of amides is 2. The Balaban J connectivity index is 1.56. The first-order valence-electron chi connectivity index (χ1n) is 9.86. The van der Waals surface area contributed by atoms with Gasteiger partial charge in [-0.1, -0.05) is 35.9 Å². The van der Waals surface area contributed by atoms with Gasteiger partial charge < -0.3 is 15.4 Å². The Morgan fingerprint density at radius 2 is 1.63 bits per heavy atom. The number of rotatable bonds is 7. The van der Waals surface area contributed by atoms with Gasteiger partial charge in [0.2, 0.25) is 5.91 Å². The predicted octanol–water partition coefficient (Wildman–Crippen LogP) is 5.14. The molecule has 0 saturated carbocycles. The standard InChI is InChI=1S/C25H26N2O3/c1-17-8-9-19(18(2)16-17)12-15-24(28)26-21-13-10-20(11-14-21)25(29)27-22-6-4-5-7-23(22)30-3/h4-11,13-14,16H,12,15H2,1-3H3,(H,26,28)(H,27,29). The summed E-state index contributed by atoms with van der Waals surface area (Å²) in [6.45, 7) is 4.12. The van der Waals surface area contributed by atoms with Gasteiger partial charge in [0, 0.05) is 17.7 Å². The van der Waals surface area contributed by atoms with Gasteiger partial charge in [0.05, 0.1) is 12.8 Å². The molecule has 0 radical (unpaired) electrons.